The Hall–Kier alpha value is -3.72. The van der Waals surface area contributed by atoms with Crippen molar-refractivity contribution in [1.82, 2.24) is 9.80 Å². The van der Waals surface area contributed by atoms with Crippen molar-refractivity contribution in [2.24, 2.45) is 4.99 Å². The average molecular weight is 536 g/mol. The van der Waals surface area contributed by atoms with Crippen LogP contribution in [0, 0.1) is 0 Å². The molecule has 1 saturated heterocycles. The third-order valence-corrected chi connectivity index (χ3v) is 6.92. The first-order valence-electron chi connectivity index (χ1n) is 10.6. The number of carbonyl (C=O) groups is 4. The highest BCUT2D eigenvalue weighted by molar-refractivity contribution is 8.18. The van der Waals surface area contributed by atoms with Gasteiger partial charge in [0.1, 0.15) is 6.54 Å². The number of imide groups is 2. The second kappa shape index (κ2) is 9.73. The second-order valence-corrected chi connectivity index (χ2v) is 9.69. The van der Waals surface area contributed by atoms with E-state index in [1.807, 2.05) is 0 Å². The van der Waals surface area contributed by atoms with Gasteiger partial charge in [0.2, 0.25) is 0 Å². The van der Waals surface area contributed by atoms with Gasteiger partial charge in [0.15, 0.2) is 5.17 Å². The Morgan fingerprint density at radius 1 is 0.806 bits per heavy atom. The Balaban J connectivity index is 1.47. The van der Waals surface area contributed by atoms with Crippen LogP contribution in [0.4, 0.5) is 5.69 Å². The lowest BCUT2D eigenvalue weighted by atomic mass is 10.1. The van der Waals surface area contributed by atoms with Crippen LogP contribution in [-0.2, 0) is 9.59 Å². The number of hydrogen-bond acceptors (Lipinski definition) is 6. The van der Waals surface area contributed by atoms with Crippen molar-refractivity contribution in [3.05, 3.63) is 104 Å². The molecule has 0 saturated carbocycles. The number of carbonyl (C=O) groups excluding carboxylic acids is 4. The Morgan fingerprint density at radius 2 is 1.36 bits per heavy atom. The average Bonchev–Trinajstić information content (AvgIpc) is 3.30. The number of hydrogen-bond donors (Lipinski definition) is 0. The minimum atomic E-state index is -0.755. The van der Waals surface area contributed by atoms with Gasteiger partial charge in [-0.1, -0.05) is 47.5 Å². The van der Waals surface area contributed by atoms with Gasteiger partial charge < -0.3 is 0 Å². The van der Waals surface area contributed by atoms with E-state index < -0.39 is 30.2 Å². The van der Waals surface area contributed by atoms with Crippen LogP contribution in [0.5, 0.6) is 0 Å². The number of rotatable bonds is 4. The fourth-order valence-electron chi connectivity index (χ4n) is 3.69. The van der Waals surface area contributed by atoms with Crippen molar-refractivity contribution in [3.8, 4) is 0 Å². The highest BCUT2D eigenvalue weighted by Gasteiger charge is 2.42. The molecule has 0 aromatic heterocycles. The summed E-state index contributed by atoms with van der Waals surface area (Å²) in [5.74, 6) is -2.54. The van der Waals surface area contributed by atoms with Crippen LogP contribution in [-0.4, -0.2) is 45.1 Å². The van der Waals surface area contributed by atoms with Crippen molar-refractivity contribution in [1.29, 1.82) is 0 Å². The van der Waals surface area contributed by atoms with Gasteiger partial charge in [0.25, 0.3) is 23.6 Å². The van der Waals surface area contributed by atoms with Crippen molar-refractivity contribution in [2.75, 3.05) is 6.54 Å². The summed E-state index contributed by atoms with van der Waals surface area (Å²) in [4.78, 5) is 58.6. The van der Waals surface area contributed by atoms with Crippen molar-refractivity contribution < 1.29 is 19.2 Å². The fraction of sp³-hybridized carbons (Fsp3) is 0.0385. The van der Waals surface area contributed by atoms with Crippen LogP contribution in [0.3, 0.4) is 0 Å². The van der Waals surface area contributed by atoms with Crippen LogP contribution in [0.1, 0.15) is 26.3 Å². The third kappa shape index (κ3) is 4.58. The van der Waals surface area contributed by atoms with E-state index in [0.717, 1.165) is 21.6 Å². The van der Waals surface area contributed by atoms with Crippen molar-refractivity contribution >= 4 is 75.5 Å². The van der Waals surface area contributed by atoms with Gasteiger partial charge in [0, 0.05) is 10.0 Å². The number of amidine groups is 1. The zero-order chi connectivity index (χ0) is 25.4. The quantitative estimate of drug-likeness (QED) is 0.328. The summed E-state index contributed by atoms with van der Waals surface area (Å²) in [6.45, 7) is -0.605. The standard InChI is InChI=1S/C26H15Cl2N3O4S/c27-16-7-5-15(6-8-16)13-21-25(35)31(26(36-21)29-18-11-9-17(28)10-12-18)22(32)14-30-23(33)19-3-1-2-4-20(19)24(30)34/h1-13H,14H2. The first-order valence-corrected chi connectivity index (χ1v) is 12.2. The van der Waals surface area contributed by atoms with Gasteiger partial charge in [-0.05, 0) is 71.9 Å². The monoisotopic (exact) mass is 535 g/mol. The lowest BCUT2D eigenvalue weighted by Gasteiger charge is -2.18. The van der Waals surface area contributed by atoms with Gasteiger partial charge in [0.05, 0.1) is 21.7 Å². The molecule has 7 nitrogen and oxygen atoms in total. The van der Waals surface area contributed by atoms with Crippen LogP contribution >= 0.6 is 35.0 Å². The maximum absolute atomic E-state index is 13.4. The van der Waals surface area contributed by atoms with E-state index in [9.17, 15) is 19.2 Å². The molecule has 1 fully saturated rings. The zero-order valence-corrected chi connectivity index (χ0v) is 20.7. The number of fused-ring (bicyclic) bond motifs is 1. The molecule has 0 bridgehead atoms. The predicted octanol–water partition coefficient (Wildman–Crippen LogP) is 5.42. The minimum Gasteiger partial charge on any atom is -0.272 e. The van der Waals surface area contributed by atoms with Gasteiger partial charge in [-0.25, -0.2) is 9.89 Å². The first-order chi connectivity index (χ1) is 17.3. The molecular formula is C26H15Cl2N3O4S. The molecule has 0 radical (unpaired) electrons. The third-order valence-electron chi connectivity index (χ3n) is 5.45. The molecule has 36 heavy (non-hydrogen) atoms. The summed E-state index contributed by atoms with van der Waals surface area (Å²) in [5, 5.41) is 1.16. The number of thioether (sulfide) groups is 1. The molecular weight excluding hydrogens is 521 g/mol. The molecule has 10 heteroatoms. The first kappa shape index (κ1) is 24.0. The van der Waals surface area contributed by atoms with Gasteiger partial charge in [-0.2, -0.15) is 0 Å². The van der Waals surface area contributed by atoms with Crippen molar-refractivity contribution in [3.63, 3.8) is 0 Å². The van der Waals surface area contributed by atoms with E-state index in [-0.39, 0.29) is 21.2 Å². The van der Waals surface area contributed by atoms with Crippen LogP contribution < -0.4 is 0 Å². The minimum absolute atomic E-state index is 0.101. The maximum Gasteiger partial charge on any atom is 0.273 e. The molecule has 4 amide bonds. The number of benzene rings is 3. The molecule has 5 rings (SSSR count). The van der Waals surface area contributed by atoms with Crippen LogP contribution in [0.15, 0.2) is 82.7 Å². The van der Waals surface area contributed by atoms with Crippen molar-refractivity contribution in [2.45, 2.75) is 0 Å². The van der Waals surface area contributed by atoms with E-state index in [4.69, 9.17) is 23.2 Å². The predicted molar refractivity (Wildman–Crippen MR) is 139 cm³/mol. The number of amides is 4. The number of nitrogens with zero attached hydrogens (tertiary/aromatic N) is 3. The molecule has 178 valence electrons. The zero-order valence-electron chi connectivity index (χ0n) is 18.4. The van der Waals surface area contributed by atoms with Crippen LogP contribution in [0.25, 0.3) is 6.08 Å². The second-order valence-electron chi connectivity index (χ2n) is 7.81. The number of aliphatic imine (C=N–C) groups is 1. The van der Waals surface area contributed by atoms with E-state index in [2.05, 4.69) is 4.99 Å². The van der Waals surface area contributed by atoms with Gasteiger partial charge in [-0.3, -0.25) is 24.1 Å². The molecule has 3 aromatic rings. The highest BCUT2D eigenvalue weighted by Crippen LogP contribution is 2.35. The highest BCUT2D eigenvalue weighted by atomic mass is 35.5. The lowest BCUT2D eigenvalue weighted by molar-refractivity contribution is -0.136. The smallest absolute Gasteiger partial charge is 0.272 e. The number of halogens is 2. The molecule has 2 aliphatic heterocycles. The maximum atomic E-state index is 13.4. The molecule has 2 aliphatic rings. The summed E-state index contributed by atoms with van der Waals surface area (Å²) in [7, 11) is 0. The summed E-state index contributed by atoms with van der Waals surface area (Å²) >= 11 is 12.9. The fourth-order valence-corrected chi connectivity index (χ4v) is 4.94. The summed E-state index contributed by atoms with van der Waals surface area (Å²) < 4.78 is 0. The topological polar surface area (TPSA) is 87.1 Å². The Morgan fingerprint density at radius 3 is 1.94 bits per heavy atom. The Kier molecular flexibility index (Phi) is 6.49. The molecule has 0 aliphatic carbocycles. The van der Waals surface area contributed by atoms with Gasteiger partial charge in [-0.15, -0.1) is 0 Å². The summed E-state index contributed by atoms with van der Waals surface area (Å²) in [6, 6.07) is 19.7. The van der Waals surface area contributed by atoms with Crippen LogP contribution in [0.2, 0.25) is 10.0 Å². The summed E-state index contributed by atoms with van der Waals surface area (Å²) in [6.07, 6.45) is 1.62. The molecule has 0 unspecified atom stereocenters. The van der Waals surface area contributed by atoms with E-state index in [1.54, 1.807) is 66.7 Å². The molecule has 2 heterocycles. The van der Waals surface area contributed by atoms with Gasteiger partial charge >= 0.3 is 0 Å². The normalized spacial score (nSPS) is 17.4. The van der Waals surface area contributed by atoms with E-state index in [1.165, 1.54) is 12.1 Å². The SMILES string of the molecule is O=C1c2ccccc2C(=O)N1CC(=O)N1C(=O)C(=Cc2ccc(Cl)cc2)SC1=Nc1ccc(Cl)cc1. The largest absolute Gasteiger partial charge is 0.273 e. The molecule has 0 N–H and O–H groups in total. The Labute approximate surface area is 220 Å². The summed E-state index contributed by atoms with van der Waals surface area (Å²) in [5.41, 5.74) is 1.61. The molecule has 0 atom stereocenters. The van der Waals surface area contributed by atoms with E-state index in [0.29, 0.717) is 21.3 Å². The lowest BCUT2D eigenvalue weighted by Crippen LogP contribution is -2.44. The van der Waals surface area contributed by atoms with E-state index >= 15 is 0 Å². The Bertz CT molecular complexity index is 1450. The molecule has 3 aromatic carbocycles. The molecule has 0 spiro atoms.